The zero-order valence-corrected chi connectivity index (χ0v) is 12.0. The molecule has 0 aromatic heterocycles. The molecule has 0 saturated carbocycles. The van der Waals surface area contributed by atoms with E-state index in [-0.39, 0.29) is 0 Å². The largest absolute Gasteiger partial charge is 0.501 e. The number of benzene rings is 1. The highest BCUT2D eigenvalue weighted by Gasteiger charge is 2.51. The van der Waals surface area contributed by atoms with Gasteiger partial charge in [0.1, 0.15) is 0 Å². The summed E-state index contributed by atoms with van der Waals surface area (Å²) < 4.78 is 17.4. The van der Waals surface area contributed by atoms with Crippen molar-refractivity contribution >= 4 is 8.80 Å². The van der Waals surface area contributed by atoms with E-state index in [0.29, 0.717) is 6.54 Å². The molecule has 1 aliphatic heterocycles. The van der Waals surface area contributed by atoms with Crippen molar-refractivity contribution < 1.29 is 13.3 Å². The molecule has 1 heterocycles. The fourth-order valence-electron chi connectivity index (χ4n) is 2.57. The van der Waals surface area contributed by atoms with Crippen molar-refractivity contribution in [1.29, 1.82) is 0 Å². The van der Waals surface area contributed by atoms with Crippen LogP contribution in [0.1, 0.15) is 18.4 Å². The second kappa shape index (κ2) is 5.50. The Balaban J connectivity index is 2.33. The van der Waals surface area contributed by atoms with Crippen molar-refractivity contribution in [1.82, 2.24) is 0 Å². The Morgan fingerprint density at radius 2 is 1.94 bits per heavy atom. The Kier molecular flexibility index (Phi) is 4.19. The Morgan fingerprint density at radius 1 is 1.28 bits per heavy atom. The van der Waals surface area contributed by atoms with Gasteiger partial charge in [-0.25, -0.2) is 0 Å². The van der Waals surface area contributed by atoms with Crippen LogP contribution in [0, 0.1) is 0 Å². The minimum atomic E-state index is -2.55. The Bertz CT molecular complexity index is 383. The normalized spacial score (nSPS) is 27.1. The first-order chi connectivity index (χ1) is 8.70. The number of hydrogen-bond donors (Lipinski definition) is 1. The second-order valence-electron chi connectivity index (χ2n) is 4.61. The van der Waals surface area contributed by atoms with Crippen LogP contribution in [0.2, 0.25) is 6.04 Å². The van der Waals surface area contributed by atoms with Crippen LogP contribution in [0.5, 0.6) is 0 Å². The summed E-state index contributed by atoms with van der Waals surface area (Å²) in [4.78, 5) is 0. The van der Waals surface area contributed by atoms with Gasteiger partial charge < -0.3 is 19.0 Å². The van der Waals surface area contributed by atoms with E-state index in [1.165, 1.54) is 0 Å². The van der Waals surface area contributed by atoms with Crippen LogP contribution in [0.15, 0.2) is 30.3 Å². The zero-order valence-electron chi connectivity index (χ0n) is 11.0. The third-order valence-corrected chi connectivity index (χ3v) is 6.58. The molecule has 1 fully saturated rings. The molecule has 1 saturated heterocycles. The first-order valence-electron chi connectivity index (χ1n) is 6.26. The van der Waals surface area contributed by atoms with Gasteiger partial charge in [0.15, 0.2) is 0 Å². The molecule has 0 bridgehead atoms. The maximum atomic E-state index is 6.26. The lowest BCUT2D eigenvalue weighted by molar-refractivity contribution is -0.0390. The van der Waals surface area contributed by atoms with Crippen LogP contribution in [0.4, 0.5) is 0 Å². The van der Waals surface area contributed by atoms with Crippen LogP contribution in [-0.4, -0.2) is 29.6 Å². The summed E-state index contributed by atoms with van der Waals surface area (Å²) >= 11 is 0. The molecule has 2 N–H and O–H groups in total. The van der Waals surface area contributed by atoms with E-state index < -0.39 is 14.4 Å². The van der Waals surface area contributed by atoms with Gasteiger partial charge in [-0.3, -0.25) is 0 Å². The van der Waals surface area contributed by atoms with E-state index >= 15 is 0 Å². The molecule has 0 spiro atoms. The molecule has 1 atom stereocenters. The van der Waals surface area contributed by atoms with Crippen LogP contribution < -0.4 is 5.73 Å². The molecule has 1 aliphatic rings. The zero-order chi connectivity index (χ0) is 13.1. The van der Waals surface area contributed by atoms with Gasteiger partial charge in [0.2, 0.25) is 0 Å². The Labute approximate surface area is 109 Å². The second-order valence-corrected chi connectivity index (χ2v) is 7.50. The molecule has 0 aliphatic carbocycles. The van der Waals surface area contributed by atoms with Gasteiger partial charge in [-0.05, 0) is 18.4 Å². The minimum Gasteiger partial charge on any atom is -0.377 e. The smallest absolute Gasteiger partial charge is 0.377 e. The quantitative estimate of drug-likeness (QED) is 0.846. The van der Waals surface area contributed by atoms with Crippen LogP contribution in [0.3, 0.4) is 0 Å². The molecule has 100 valence electrons. The van der Waals surface area contributed by atoms with E-state index in [4.69, 9.17) is 19.0 Å². The molecule has 4 nitrogen and oxygen atoms in total. The average Bonchev–Trinajstić information content (AvgIpc) is 2.48. The maximum absolute atomic E-state index is 6.26. The highest BCUT2D eigenvalue weighted by molar-refractivity contribution is 6.60. The predicted molar refractivity (Wildman–Crippen MR) is 72.1 cm³/mol. The summed E-state index contributed by atoms with van der Waals surface area (Å²) in [6.45, 7) is 0.443. The Hall–Kier alpha value is -0.723. The lowest BCUT2D eigenvalue weighted by Crippen LogP contribution is -2.56. The van der Waals surface area contributed by atoms with Crippen molar-refractivity contribution in [3.05, 3.63) is 35.9 Å². The lowest BCUT2D eigenvalue weighted by Gasteiger charge is -2.44. The molecule has 0 amide bonds. The molecule has 0 radical (unpaired) electrons. The van der Waals surface area contributed by atoms with E-state index in [2.05, 4.69) is 12.1 Å². The summed E-state index contributed by atoms with van der Waals surface area (Å²) in [5.74, 6) is 0. The number of nitrogens with two attached hydrogens (primary N) is 1. The number of rotatable bonds is 4. The van der Waals surface area contributed by atoms with Gasteiger partial charge >= 0.3 is 8.80 Å². The van der Waals surface area contributed by atoms with Gasteiger partial charge in [-0.2, -0.15) is 0 Å². The highest BCUT2D eigenvalue weighted by atomic mass is 28.4. The maximum Gasteiger partial charge on any atom is 0.501 e. The van der Waals surface area contributed by atoms with Crippen molar-refractivity contribution in [3.63, 3.8) is 0 Å². The van der Waals surface area contributed by atoms with Crippen molar-refractivity contribution in [2.24, 2.45) is 5.73 Å². The third-order valence-electron chi connectivity index (χ3n) is 3.67. The average molecular weight is 267 g/mol. The minimum absolute atomic E-state index is 0.443. The molecule has 2 rings (SSSR count). The van der Waals surface area contributed by atoms with Crippen LogP contribution >= 0.6 is 0 Å². The summed E-state index contributed by atoms with van der Waals surface area (Å²) in [5, 5.41) is 0. The summed E-state index contributed by atoms with van der Waals surface area (Å²) in [6, 6.07) is 11.0. The lowest BCUT2D eigenvalue weighted by atomic mass is 9.89. The number of hydrogen-bond acceptors (Lipinski definition) is 4. The van der Waals surface area contributed by atoms with Gasteiger partial charge in [0.05, 0.1) is 5.60 Å². The monoisotopic (exact) mass is 267 g/mol. The van der Waals surface area contributed by atoms with Gasteiger partial charge in [0, 0.05) is 26.8 Å². The SMILES string of the molecule is CO[Si]1(OC)CCCC(CN)(c2ccccc2)O1. The summed E-state index contributed by atoms with van der Waals surface area (Å²) in [6.07, 6.45) is 1.93. The molecule has 18 heavy (non-hydrogen) atoms. The van der Waals surface area contributed by atoms with Gasteiger partial charge in [-0.15, -0.1) is 0 Å². The third kappa shape index (κ3) is 2.37. The van der Waals surface area contributed by atoms with E-state index in [1.54, 1.807) is 14.2 Å². The van der Waals surface area contributed by atoms with E-state index in [1.807, 2.05) is 18.2 Å². The van der Waals surface area contributed by atoms with Gasteiger partial charge in [0.25, 0.3) is 0 Å². The summed E-state index contributed by atoms with van der Waals surface area (Å²) in [5.41, 5.74) is 6.64. The van der Waals surface area contributed by atoms with Crippen molar-refractivity contribution in [3.8, 4) is 0 Å². The van der Waals surface area contributed by atoms with Crippen molar-refractivity contribution in [2.45, 2.75) is 24.5 Å². The first-order valence-corrected chi connectivity index (χ1v) is 8.19. The first kappa shape index (κ1) is 13.7. The topological polar surface area (TPSA) is 53.7 Å². The van der Waals surface area contributed by atoms with E-state index in [0.717, 1.165) is 24.4 Å². The molecular weight excluding hydrogens is 246 g/mol. The van der Waals surface area contributed by atoms with Crippen LogP contribution in [-0.2, 0) is 18.9 Å². The van der Waals surface area contributed by atoms with Gasteiger partial charge in [-0.1, -0.05) is 30.3 Å². The molecular formula is C13H21NO3Si. The standard InChI is InChI=1S/C13H21NO3Si/c1-15-18(16-2)10-6-9-13(11-14,17-18)12-7-4-3-5-8-12/h3-5,7-8H,6,9-11,14H2,1-2H3. The Morgan fingerprint density at radius 3 is 2.50 bits per heavy atom. The predicted octanol–water partition coefficient (Wildman–Crippen LogP) is 1.88. The summed E-state index contributed by atoms with van der Waals surface area (Å²) in [7, 11) is 0.770. The molecule has 1 aromatic rings. The molecule has 1 aromatic carbocycles. The highest BCUT2D eigenvalue weighted by Crippen LogP contribution is 2.40. The molecule has 5 heteroatoms. The fraction of sp³-hybridized carbons (Fsp3) is 0.538. The van der Waals surface area contributed by atoms with Crippen molar-refractivity contribution in [2.75, 3.05) is 20.8 Å². The van der Waals surface area contributed by atoms with Crippen LogP contribution in [0.25, 0.3) is 0 Å². The van der Waals surface area contributed by atoms with E-state index in [9.17, 15) is 0 Å². The molecule has 1 unspecified atom stereocenters. The fourth-order valence-corrected chi connectivity index (χ4v) is 4.92.